The molecule has 0 aromatic heterocycles. The highest BCUT2D eigenvalue weighted by atomic mass is 79.9. The van der Waals surface area contributed by atoms with Crippen molar-refractivity contribution in [1.29, 1.82) is 0 Å². The molecule has 1 fully saturated rings. The van der Waals surface area contributed by atoms with Crippen LogP contribution in [0, 0.1) is 0 Å². The second-order valence-corrected chi connectivity index (χ2v) is 6.76. The number of carbonyl (C=O) groups is 1. The number of carboxylic acid groups (broad SMARTS) is 1. The number of carboxylic acids is 1. The number of alkyl halides is 2. The van der Waals surface area contributed by atoms with Gasteiger partial charge in [-0.1, -0.05) is 15.9 Å². The Kier molecular flexibility index (Phi) is 3.81. The summed E-state index contributed by atoms with van der Waals surface area (Å²) in [5, 5.41) is 8.86. The molecule has 2 atom stereocenters. The van der Waals surface area contributed by atoms with Gasteiger partial charge in [0.15, 0.2) is 6.10 Å². The predicted octanol–water partition coefficient (Wildman–Crippen LogP) is 3.96. The molecule has 0 spiro atoms. The van der Waals surface area contributed by atoms with E-state index in [0.717, 1.165) is 10.0 Å². The van der Waals surface area contributed by atoms with Crippen molar-refractivity contribution in [3.8, 4) is 5.75 Å². The van der Waals surface area contributed by atoms with Gasteiger partial charge in [0.2, 0.25) is 0 Å². The second-order valence-electron chi connectivity index (χ2n) is 4.30. The molecule has 1 aromatic carbocycles. The normalized spacial score (nSPS) is 22.3. The lowest BCUT2D eigenvalue weighted by molar-refractivity contribution is -0.144. The van der Waals surface area contributed by atoms with Gasteiger partial charge in [0.25, 0.3) is 0 Å². The first-order valence-corrected chi connectivity index (χ1v) is 6.93. The molecule has 1 aliphatic rings. The number of halogens is 3. The van der Waals surface area contributed by atoms with Crippen LogP contribution in [0.15, 0.2) is 22.7 Å². The molecule has 0 amide bonds. The molecule has 1 saturated carbocycles. The zero-order valence-corrected chi connectivity index (χ0v) is 12.6. The molecule has 1 aliphatic carbocycles. The summed E-state index contributed by atoms with van der Waals surface area (Å²) < 4.78 is 5.52. The SMILES string of the molecule is C[C@H](Oc1ccc(Br)cc1C1CC1(Cl)Cl)C(=O)O. The summed E-state index contributed by atoms with van der Waals surface area (Å²) in [6.45, 7) is 1.48. The van der Waals surface area contributed by atoms with Crippen molar-refractivity contribution in [2.45, 2.75) is 29.7 Å². The van der Waals surface area contributed by atoms with E-state index in [1.807, 2.05) is 6.07 Å². The first kappa shape index (κ1) is 14.0. The van der Waals surface area contributed by atoms with Gasteiger partial charge in [-0.3, -0.25) is 0 Å². The van der Waals surface area contributed by atoms with Crippen LogP contribution in [0.4, 0.5) is 0 Å². The van der Waals surface area contributed by atoms with Crippen LogP contribution in [-0.2, 0) is 4.79 Å². The Labute approximate surface area is 123 Å². The summed E-state index contributed by atoms with van der Waals surface area (Å²) in [5.41, 5.74) is 0.836. The van der Waals surface area contributed by atoms with E-state index in [9.17, 15) is 4.79 Å². The minimum absolute atomic E-state index is 0.0191. The molecule has 0 radical (unpaired) electrons. The molecular formula is C12H11BrCl2O3. The van der Waals surface area contributed by atoms with Crippen LogP contribution in [0.5, 0.6) is 5.75 Å². The van der Waals surface area contributed by atoms with Crippen molar-refractivity contribution in [1.82, 2.24) is 0 Å². The molecule has 3 nitrogen and oxygen atoms in total. The van der Waals surface area contributed by atoms with Gasteiger partial charge in [0, 0.05) is 16.0 Å². The van der Waals surface area contributed by atoms with E-state index < -0.39 is 16.4 Å². The molecule has 1 unspecified atom stereocenters. The van der Waals surface area contributed by atoms with E-state index >= 15 is 0 Å². The fraction of sp³-hybridized carbons (Fsp3) is 0.417. The Balaban J connectivity index is 2.27. The van der Waals surface area contributed by atoms with Crippen molar-refractivity contribution < 1.29 is 14.6 Å². The first-order valence-electron chi connectivity index (χ1n) is 5.38. The Bertz CT molecular complexity index is 490. The van der Waals surface area contributed by atoms with Gasteiger partial charge in [-0.05, 0) is 31.5 Å². The van der Waals surface area contributed by atoms with Crippen molar-refractivity contribution in [2.75, 3.05) is 0 Å². The van der Waals surface area contributed by atoms with E-state index in [2.05, 4.69) is 15.9 Å². The zero-order valence-electron chi connectivity index (χ0n) is 9.49. The lowest BCUT2D eigenvalue weighted by Gasteiger charge is -2.15. The van der Waals surface area contributed by atoms with Gasteiger partial charge in [-0.2, -0.15) is 0 Å². The molecule has 1 aromatic rings. The highest BCUT2D eigenvalue weighted by Gasteiger charge is 2.53. The first-order chi connectivity index (χ1) is 8.31. The number of hydrogen-bond acceptors (Lipinski definition) is 2. The zero-order chi connectivity index (χ0) is 13.5. The van der Waals surface area contributed by atoms with Crippen LogP contribution in [-0.4, -0.2) is 21.5 Å². The van der Waals surface area contributed by atoms with E-state index in [0.29, 0.717) is 12.2 Å². The molecule has 2 rings (SSSR count). The number of benzene rings is 1. The van der Waals surface area contributed by atoms with Crippen LogP contribution in [0.1, 0.15) is 24.8 Å². The summed E-state index contributed by atoms with van der Waals surface area (Å²) in [6.07, 6.45) is -0.270. The lowest BCUT2D eigenvalue weighted by atomic mass is 10.1. The Morgan fingerprint density at radius 2 is 2.22 bits per heavy atom. The maximum atomic E-state index is 10.8. The summed E-state index contributed by atoms with van der Waals surface area (Å²) in [4.78, 5) is 10.8. The second kappa shape index (κ2) is 4.91. The quantitative estimate of drug-likeness (QED) is 0.833. The van der Waals surface area contributed by atoms with Crippen LogP contribution < -0.4 is 4.74 Å². The maximum absolute atomic E-state index is 10.8. The molecular weight excluding hydrogens is 343 g/mol. The van der Waals surface area contributed by atoms with Crippen molar-refractivity contribution in [3.63, 3.8) is 0 Å². The Hall–Kier alpha value is -0.450. The molecule has 1 N–H and O–H groups in total. The topological polar surface area (TPSA) is 46.5 Å². The predicted molar refractivity (Wildman–Crippen MR) is 73.7 cm³/mol. The van der Waals surface area contributed by atoms with Gasteiger partial charge in [-0.25, -0.2) is 4.79 Å². The fourth-order valence-electron chi connectivity index (χ4n) is 1.69. The highest BCUT2D eigenvalue weighted by Crippen LogP contribution is 2.61. The van der Waals surface area contributed by atoms with Crippen molar-refractivity contribution in [3.05, 3.63) is 28.2 Å². The molecule has 98 valence electrons. The average molecular weight is 354 g/mol. The van der Waals surface area contributed by atoms with Gasteiger partial charge in [0.05, 0.1) is 0 Å². The molecule has 18 heavy (non-hydrogen) atoms. The monoisotopic (exact) mass is 352 g/mol. The van der Waals surface area contributed by atoms with Crippen LogP contribution in [0.25, 0.3) is 0 Å². The minimum Gasteiger partial charge on any atom is -0.479 e. The van der Waals surface area contributed by atoms with Gasteiger partial charge < -0.3 is 9.84 Å². The molecule has 0 aliphatic heterocycles. The van der Waals surface area contributed by atoms with Gasteiger partial charge >= 0.3 is 5.97 Å². The van der Waals surface area contributed by atoms with Crippen LogP contribution in [0.3, 0.4) is 0 Å². The fourth-order valence-corrected chi connectivity index (χ4v) is 2.61. The standard InChI is InChI=1S/C12H11BrCl2O3/c1-6(11(16)17)18-10-3-2-7(13)4-8(10)9-5-12(9,14)15/h2-4,6,9H,5H2,1H3,(H,16,17)/t6-,9?/m0/s1. The van der Waals surface area contributed by atoms with Gasteiger partial charge in [0.1, 0.15) is 10.1 Å². The number of ether oxygens (including phenoxy) is 1. The summed E-state index contributed by atoms with van der Waals surface area (Å²) >= 11 is 15.5. The molecule has 0 saturated heterocycles. The molecule has 0 heterocycles. The van der Waals surface area contributed by atoms with Crippen LogP contribution >= 0.6 is 39.1 Å². The minimum atomic E-state index is -1.01. The highest BCUT2D eigenvalue weighted by molar-refractivity contribution is 9.10. The molecule has 6 heteroatoms. The Morgan fingerprint density at radius 1 is 1.61 bits per heavy atom. The maximum Gasteiger partial charge on any atom is 0.344 e. The third-order valence-electron chi connectivity index (χ3n) is 2.82. The van der Waals surface area contributed by atoms with Crippen molar-refractivity contribution >= 4 is 45.1 Å². The van der Waals surface area contributed by atoms with Gasteiger partial charge in [-0.15, -0.1) is 23.2 Å². The van der Waals surface area contributed by atoms with E-state index in [-0.39, 0.29) is 5.92 Å². The third-order valence-corrected chi connectivity index (χ3v) is 4.15. The van der Waals surface area contributed by atoms with Crippen LogP contribution in [0.2, 0.25) is 0 Å². The summed E-state index contributed by atoms with van der Waals surface area (Å²) in [7, 11) is 0. The van der Waals surface area contributed by atoms with E-state index in [1.165, 1.54) is 6.92 Å². The Morgan fingerprint density at radius 3 is 2.72 bits per heavy atom. The largest absolute Gasteiger partial charge is 0.479 e. The van der Waals surface area contributed by atoms with E-state index in [1.54, 1.807) is 12.1 Å². The molecule has 0 bridgehead atoms. The lowest BCUT2D eigenvalue weighted by Crippen LogP contribution is -2.23. The number of rotatable bonds is 4. The number of aliphatic carboxylic acids is 1. The number of hydrogen-bond donors (Lipinski definition) is 1. The van der Waals surface area contributed by atoms with E-state index in [4.69, 9.17) is 33.0 Å². The average Bonchev–Trinajstić information content (AvgIpc) is 2.90. The summed E-state index contributed by atoms with van der Waals surface area (Å²) in [5.74, 6) is -0.515. The third kappa shape index (κ3) is 2.92. The van der Waals surface area contributed by atoms with Crippen molar-refractivity contribution in [2.24, 2.45) is 0 Å². The smallest absolute Gasteiger partial charge is 0.344 e. The summed E-state index contributed by atoms with van der Waals surface area (Å²) in [6, 6.07) is 5.38.